The van der Waals surface area contributed by atoms with Crippen LogP contribution in [0.15, 0.2) is 18.2 Å². The third-order valence-corrected chi connectivity index (χ3v) is 4.74. The highest BCUT2D eigenvalue weighted by Gasteiger charge is 2.30. The first-order chi connectivity index (χ1) is 11.6. The lowest BCUT2D eigenvalue weighted by Gasteiger charge is -2.42. The quantitative estimate of drug-likeness (QED) is 0.855. The van der Waals surface area contributed by atoms with E-state index < -0.39 is 17.5 Å². The fraction of sp³-hybridized carbons (Fsp3) is 0.611. The molecule has 1 aromatic carbocycles. The summed E-state index contributed by atoms with van der Waals surface area (Å²) in [5, 5.41) is 13.1. The van der Waals surface area contributed by atoms with Gasteiger partial charge < -0.3 is 15.3 Å². The number of carbonyl (C=O) groups is 1. The first-order valence-corrected chi connectivity index (χ1v) is 8.92. The van der Waals surface area contributed by atoms with Gasteiger partial charge in [0.1, 0.15) is 5.82 Å². The fourth-order valence-corrected chi connectivity index (χ4v) is 3.51. The molecule has 1 aromatic rings. The van der Waals surface area contributed by atoms with Crippen LogP contribution in [0, 0.1) is 5.82 Å². The highest BCUT2D eigenvalue weighted by molar-refractivity contribution is 6.31. The molecule has 0 spiro atoms. The van der Waals surface area contributed by atoms with Gasteiger partial charge in [-0.3, -0.25) is 4.90 Å². The molecule has 0 saturated carbocycles. The van der Waals surface area contributed by atoms with Crippen LogP contribution in [-0.2, 0) is 0 Å². The molecular weight excluding hydrogens is 345 g/mol. The van der Waals surface area contributed by atoms with Crippen molar-refractivity contribution in [3.05, 3.63) is 34.6 Å². The maximum atomic E-state index is 14.0. The molecule has 1 aliphatic rings. The van der Waals surface area contributed by atoms with Gasteiger partial charge in [0.2, 0.25) is 0 Å². The Morgan fingerprint density at radius 2 is 2.16 bits per heavy atom. The number of benzene rings is 1. The van der Waals surface area contributed by atoms with Gasteiger partial charge in [0.25, 0.3) is 0 Å². The lowest BCUT2D eigenvalue weighted by molar-refractivity contribution is 0.00279. The average Bonchev–Trinajstić information content (AvgIpc) is 2.47. The molecule has 2 atom stereocenters. The van der Waals surface area contributed by atoms with Crippen LogP contribution in [0.1, 0.15) is 39.3 Å². The van der Waals surface area contributed by atoms with Crippen LogP contribution in [-0.4, -0.2) is 58.8 Å². The molecule has 0 radical (unpaired) electrons. The normalized spacial score (nSPS) is 20.4. The van der Waals surface area contributed by atoms with Crippen LogP contribution in [0.25, 0.3) is 0 Å². The maximum Gasteiger partial charge on any atom is 0.317 e. The lowest BCUT2D eigenvalue weighted by Crippen LogP contribution is -2.58. The van der Waals surface area contributed by atoms with Crippen LogP contribution < -0.4 is 5.32 Å². The Morgan fingerprint density at radius 1 is 1.48 bits per heavy atom. The van der Waals surface area contributed by atoms with Gasteiger partial charge in [-0.05, 0) is 39.8 Å². The van der Waals surface area contributed by atoms with Crippen molar-refractivity contribution in [3.63, 3.8) is 0 Å². The largest absolute Gasteiger partial charge is 0.389 e. The summed E-state index contributed by atoms with van der Waals surface area (Å²) in [7, 11) is 0. The highest BCUT2D eigenvalue weighted by Crippen LogP contribution is 2.26. The van der Waals surface area contributed by atoms with Crippen molar-refractivity contribution in [2.75, 3.05) is 26.2 Å². The summed E-state index contributed by atoms with van der Waals surface area (Å²) in [6.45, 7) is 9.66. The zero-order valence-electron chi connectivity index (χ0n) is 15.2. The molecule has 2 unspecified atom stereocenters. The van der Waals surface area contributed by atoms with Crippen molar-refractivity contribution in [1.29, 1.82) is 0 Å². The van der Waals surface area contributed by atoms with Gasteiger partial charge in [-0.2, -0.15) is 0 Å². The minimum Gasteiger partial charge on any atom is -0.389 e. The minimum atomic E-state index is -0.769. The standard InChI is InChI=1S/C18H27ClFN3O2/c1-12-10-22(8-9-23(12)11-18(3,4)25)17(24)21-13(2)16-14(19)6-5-7-15(16)20/h5-7,12-13,25H,8-11H2,1-4H3,(H,21,24). The highest BCUT2D eigenvalue weighted by atomic mass is 35.5. The van der Waals surface area contributed by atoms with E-state index in [9.17, 15) is 14.3 Å². The predicted molar refractivity (Wildman–Crippen MR) is 97.3 cm³/mol. The number of rotatable bonds is 4. The van der Waals surface area contributed by atoms with Crippen molar-refractivity contribution in [2.24, 2.45) is 0 Å². The van der Waals surface area contributed by atoms with Gasteiger partial charge in [0, 0.05) is 42.8 Å². The van der Waals surface area contributed by atoms with E-state index >= 15 is 0 Å². The number of hydrogen-bond donors (Lipinski definition) is 2. The summed E-state index contributed by atoms with van der Waals surface area (Å²) in [4.78, 5) is 16.4. The van der Waals surface area contributed by atoms with Gasteiger partial charge in [-0.15, -0.1) is 0 Å². The molecule has 0 aromatic heterocycles. The molecule has 2 rings (SSSR count). The number of halogens is 2. The number of nitrogens with one attached hydrogen (secondary N) is 1. The number of hydrogen-bond acceptors (Lipinski definition) is 3. The number of piperazine rings is 1. The van der Waals surface area contributed by atoms with Crippen molar-refractivity contribution < 1.29 is 14.3 Å². The van der Waals surface area contributed by atoms with Crippen molar-refractivity contribution in [2.45, 2.75) is 45.4 Å². The zero-order chi connectivity index (χ0) is 18.8. The molecule has 140 valence electrons. The number of urea groups is 1. The molecule has 1 aliphatic heterocycles. The van der Waals surface area contributed by atoms with E-state index in [2.05, 4.69) is 10.2 Å². The molecule has 0 bridgehead atoms. The molecule has 7 heteroatoms. The molecule has 5 nitrogen and oxygen atoms in total. The molecular formula is C18H27ClFN3O2. The summed E-state index contributed by atoms with van der Waals surface area (Å²) in [6, 6.07) is 3.87. The number of aliphatic hydroxyl groups is 1. The zero-order valence-corrected chi connectivity index (χ0v) is 16.0. The summed E-state index contributed by atoms with van der Waals surface area (Å²) in [5.41, 5.74) is -0.472. The summed E-state index contributed by atoms with van der Waals surface area (Å²) >= 11 is 6.06. The van der Waals surface area contributed by atoms with Crippen LogP contribution in [0.4, 0.5) is 9.18 Å². The van der Waals surface area contributed by atoms with Crippen LogP contribution >= 0.6 is 11.6 Å². The second kappa shape index (κ2) is 7.89. The van der Waals surface area contributed by atoms with E-state index in [1.54, 1.807) is 37.8 Å². The Labute approximate surface area is 153 Å². The third-order valence-electron chi connectivity index (χ3n) is 4.42. The second-order valence-corrected chi connectivity index (χ2v) is 7.79. The first kappa shape index (κ1) is 19.9. The van der Waals surface area contributed by atoms with E-state index in [0.717, 1.165) is 0 Å². The Morgan fingerprint density at radius 3 is 2.72 bits per heavy atom. The Balaban J connectivity index is 1.96. The SMILES string of the molecule is CC(NC(=O)N1CCN(CC(C)(C)O)C(C)C1)c1c(F)cccc1Cl. The van der Waals surface area contributed by atoms with Crippen LogP contribution in [0.2, 0.25) is 5.02 Å². The van der Waals surface area contributed by atoms with E-state index in [1.807, 2.05) is 6.92 Å². The Kier molecular flexibility index (Phi) is 6.30. The van der Waals surface area contributed by atoms with E-state index in [4.69, 9.17) is 11.6 Å². The van der Waals surface area contributed by atoms with E-state index in [-0.39, 0.29) is 12.1 Å². The van der Waals surface area contributed by atoms with E-state index in [0.29, 0.717) is 36.8 Å². The van der Waals surface area contributed by atoms with Crippen molar-refractivity contribution in [3.8, 4) is 0 Å². The van der Waals surface area contributed by atoms with E-state index in [1.165, 1.54) is 6.07 Å². The van der Waals surface area contributed by atoms with Crippen molar-refractivity contribution >= 4 is 17.6 Å². The van der Waals surface area contributed by atoms with Crippen LogP contribution in [0.3, 0.4) is 0 Å². The molecule has 1 saturated heterocycles. The van der Waals surface area contributed by atoms with Crippen LogP contribution in [0.5, 0.6) is 0 Å². The van der Waals surface area contributed by atoms with Gasteiger partial charge in [-0.1, -0.05) is 17.7 Å². The number of nitrogens with zero attached hydrogens (tertiary/aromatic N) is 2. The smallest absolute Gasteiger partial charge is 0.317 e. The predicted octanol–water partition coefficient (Wildman–Crippen LogP) is 3.03. The molecule has 2 amide bonds. The Bertz CT molecular complexity index is 601. The summed E-state index contributed by atoms with van der Waals surface area (Å²) in [5.74, 6) is -0.427. The minimum absolute atomic E-state index is 0.137. The molecule has 1 fully saturated rings. The molecule has 1 heterocycles. The molecule has 25 heavy (non-hydrogen) atoms. The first-order valence-electron chi connectivity index (χ1n) is 8.54. The van der Waals surface area contributed by atoms with Gasteiger partial charge in [-0.25, -0.2) is 9.18 Å². The fourth-order valence-electron chi connectivity index (χ4n) is 3.18. The third kappa shape index (κ3) is 5.30. The van der Waals surface area contributed by atoms with Gasteiger partial charge in [0.05, 0.1) is 11.6 Å². The number of carbonyl (C=O) groups excluding carboxylic acids is 1. The Hall–Kier alpha value is -1.37. The monoisotopic (exact) mass is 371 g/mol. The second-order valence-electron chi connectivity index (χ2n) is 7.38. The van der Waals surface area contributed by atoms with Gasteiger partial charge in [0.15, 0.2) is 0 Å². The summed E-state index contributed by atoms with van der Waals surface area (Å²) < 4.78 is 14.0. The lowest BCUT2D eigenvalue weighted by atomic mass is 10.1. The average molecular weight is 372 g/mol. The van der Waals surface area contributed by atoms with Gasteiger partial charge >= 0.3 is 6.03 Å². The number of amides is 2. The molecule has 2 N–H and O–H groups in total. The number of β-amino-alcohol motifs (C(OH)–C–C–N with tert-alkyl or cyclic N) is 1. The topological polar surface area (TPSA) is 55.8 Å². The summed E-state index contributed by atoms with van der Waals surface area (Å²) in [6.07, 6.45) is 0. The van der Waals surface area contributed by atoms with Crippen molar-refractivity contribution in [1.82, 2.24) is 15.1 Å². The maximum absolute atomic E-state index is 14.0. The molecule has 0 aliphatic carbocycles.